The smallest absolute Gasteiger partial charge is 0.0541 e. The quantitative estimate of drug-likeness (QED) is 0.152. The van der Waals surface area contributed by atoms with Crippen LogP contribution in [0, 0.1) is 0 Å². The predicted octanol–water partition coefficient (Wildman–Crippen LogP) is 16.5. The minimum Gasteiger partial charge on any atom is -0.309 e. The molecule has 0 spiro atoms. The molecule has 0 aliphatic rings. The summed E-state index contributed by atoms with van der Waals surface area (Å²) in [6.45, 7) is 8.17. The molecule has 9 aromatic carbocycles. The molecule has 0 fully saturated rings. The van der Waals surface area contributed by atoms with Gasteiger partial charge in [-0.15, -0.1) is 11.3 Å². The molecule has 0 aliphatic carbocycles. The summed E-state index contributed by atoms with van der Waals surface area (Å²) in [4.78, 5) is 0. The second-order valence-corrected chi connectivity index (χ2v) is 16.9. The van der Waals surface area contributed by atoms with Crippen LogP contribution in [0.5, 0.6) is 0 Å². The van der Waals surface area contributed by atoms with E-state index in [1.807, 2.05) is 23.5 Å². The molecular formula is C58H38N2S. The Balaban J connectivity index is 0.990. The first-order valence-corrected chi connectivity index (χ1v) is 21.5. The number of fused-ring (bicyclic) bond motifs is 9. The Morgan fingerprint density at radius 2 is 0.869 bits per heavy atom. The van der Waals surface area contributed by atoms with Crippen LogP contribution in [0.25, 0.3) is 121 Å². The summed E-state index contributed by atoms with van der Waals surface area (Å²) in [5.41, 5.74) is 16.4. The van der Waals surface area contributed by atoms with Crippen LogP contribution >= 0.6 is 11.3 Å². The SMILES string of the molecule is C=Cc1ccc(-n2c3ccc(-c4ccc(-c5ccc6c(c5)c5ccccc5n6-c5ccccc5)cc4)cc3c3cc(-c4cccc5c4sc4ccccc45)ccc32)cc1C=C. The number of para-hydroxylation sites is 2. The molecule has 286 valence electrons. The molecule has 0 atom stereocenters. The van der Waals surface area contributed by atoms with Crippen molar-refractivity contribution in [1.82, 2.24) is 9.13 Å². The Morgan fingerprint density at radius 1 is 0.344 bits per heavy atom. The molecule has 0 amide bonds. The molecule has 0 N–H and O–H groups in total. The number of hydrogen-bond donors (Lipinski definition) is 0. The van der Waals surface area contributed by atoms with E-state index in [0.717, 1.165) is 22.3 Å². The van der Waals surface area contributed by atoms with Gasteiger partial charge in [0.25, 0.3) is 0 Å². The lowest BCUT2D eigenvalue weighted by Gasteiger charge is -2.11. The summed E-state index contributed by atoms with van der Waals surface area (Å²) in [7, 11) is 0. The molecule has 61 heavy (non-hydrogen) atoms. The van der Waals surface area contributed by atoms with Crippen molar-refractivity contribution >= 4 is 87.3 Å². The van der Waals surface area contributed by atoms with Crippen LogP contribution in [0.1, 0.15) is 11.1 Å². The third-order valence-electron chi connectivity index (χ3n) is 12.5. The molecule has 3 heterocycles. The van der Waals surface area contributed by atoms with Crippen LogP contribution in [0.4, 0.5) is 0 Å². The molecule has 3 aromatic heterocycles. The van der Waals surface area contributed by atoms with Gasteiger partial charge in [-0.2, -0.15) is 0 Å². The summed E-state index contributed by atoms with van der Waals surface area (Å²) in [5.74, 6) is 0. The number of nitrogens with zero attached hydrogens (tertiary/aromatic N) is 2. The van der Waals surface area contributed by atoms with Gasteiger partial charge in [0, 0.05) is 53.1 Å². The predicted molar refractivity (Wildman–Crippen MR) is 264 cm³/mol. The third kappa shape index (κ3) is 5.55. The van der Waals surface area contributed by atoms with E-state index in [-0.39, 0.29) is 0 Å². The van der Waals surface area contributed by atoms with E-state index < -0.39 is 0 Å². The summed E-state index contributed by atoms with van der Waals surface area (Å²) < 4.78 is 7.40. The molecule has 0 saturated heterocycles. The van der Waals surface area contributed by atoms with E-state index in [2.05, 4.69) is 216 Å². The van der Waals surface area contributed by atoms with Crippen molar-refractivity contribution in [3.63, 3.8) is 0 Å². The normalized spacial score (nSPS) is 11.7. The fraction of sp³-hybridized carbons (Fsp3) is 0. The number of hydrogen-bond acceptors (Lipinski definition) is 1. The average Bonchev–Trinajstić information content (AvgIpc) is 3.99. The van der Waals surface area contributed by atoms with E-state index in [9.17, 15) is 0 Å². The van der Waals surface area contributed by atoms with Gasteiger partial charge in [-0.1, -0.05) is 147 Å². The lowest BCUT2D eigenvalue weighted by Crippen LogP contribution is -1.95. The van der Waals surface area contributed by atoms with E-state index >= 15 is 0 Å². The standard InChI is InChI=1S/C58H38N2S/c1-3-37-25-29-45(33-38(37)4-2)60-55-31-27-42(35-51(55)52-36-43(28-32-56(52)60)46-17-12-18-49-48-16-9-11-20-57(48)61-58(46)49)40-23-21-39(22-24-40)41-26-30-54-50(34-41)47-15-8-10-19-53(47)59(54)44-13-6-5-7-14-44/h3-36H,1-2H2. The van der Waals surface area contributed by atoms with Gasteiger partial charge in [-0.3, -0.25) is 0 Å². The van der Waals surface area contributed by atoms with E-state index in [1.54, 1.807) is 0 Å². The highest BCUT2D eigenvalue weighted by Crippen LogP contribution is 2.43. The van der Waals surface area contributed by atoms with Crippen LogP contribution in [0.2, 0.25) is 0 Å². The molecule has 3 heteroatoms. The monoisotopic (exact) mass is 794 g/mol. The zero-order chi connectivity index (χ0) is 40.6. The van der Waals surface area contributed by atoms with Gasteiger partial charge >= 0.3 is 0 Å². The van der Waals surface area contributed by atoms with Gasteiger partial charge in [-0.05, 0) is 117 Å². The Hall–Kier alpha value is -7.72. The first kappa shape index (κ1) is 35.2. The first-order chi connectivity index (χ1) is 30.1. The lowest BCUT2D eigenvalue weighted by molar-refractivity contribution is 1.18. The Labute approximate surface area is 357 Å². The van der Waals surface area contributed by atoms with Crippen molar-refractivity contribution < 1.29 is 0 Å². The fourth-order valence-corrected chi connectivity index (χ4v) is 10.8. The van der Waals surface area contributed by atoms with Crippen molar-refractivity contribution in [2.24, 2.45) is 0 Å². The van der Waals surface area contributed by atoms with Crippen LogP contribution in [0.15, 0.2) is 207 Å². The largest absolute Gasteiger partial charge is 0.309 e. The van der Waals surface area contributed by atoms with Crippen molar-refractivity contribution in [3.05, 3.63) is 218 Å². The van der Waals surface area contributed by atoms with E-state index in [1.165, 1.54) is 97.3 Å². The van der Waals surface area contributed by atoms with Crippen molar-refractivity contribution in [1.29, 1.82) is 0 Å². The third-order valence-corrected chi connectivity index (χ3v) is 13.7. The minimum absolute atomic E-state index is 1.06. The van der Waals surface area contributed by atoms with Crippen LogP contribution in [0.3, 0.4) is 0 Å². The highest BCUT2D eigenvalue weighted by Gasteiger charge is 2.18. The minimum atomic E-state index is 1.06. The maximum Gasteiger partial charge on any atom is 0.0541 e. The summed E-state index contributed by atoms with van der Waals surface area (Å²) >= 11 is 1.88. The molecule has 12 aromatic rings. The zero-order valence-electron chi connectivity index (χ0n) is 33.3. The molecule has 12 rings (SSSR count). The van der Waals surface area contributed by atoms with Crippen LogP contribution in [-0.4, -0.2) is 9.13 Å². The zero-order valence-corrected chi connectivity index (χ0v) is 34.2. The second kappa shape index (κ2) is 13.9. The molecule has 0 radical (unpaired) electrons. The molecule has 0 saturated carbocycles. The highest BCUT2D eigenvalue weighted by molar-refractivity contribution is 7.26. The summed E-state index contributed by atoms with van der Waals surface area (Å²) in [6.07, 6.45) is 3.81. The highest BCUT2D eigenvalue weighted by atomic mass is 32.1. The molecule has 0 unspecified atom stereocenters. The van der Waals surface area contributed by atoms with Gasteiger partial charge in [0.1, 0.15) is 0 Å². The number of benzene rings is 9. The number of rotatable bonds is 7. The van der Waals surface area contributed by atoms with E-state index in [4.69, 9.17) is 0 Å². The first-order valence-electron chi connectivity index (χ1n) is 20.7. The fourth-order valence-electron chi connectivity index (χ4n) is 9.55. The van der Waals surface area contributed by atoms with Crippen molar-refractivity contribution in [2.75, 3.05) is 0 Å². The maximum atomic E-state index is 4.12. The van der Waals surface area contributed by atoms with Gasteiger partial charge in [0.2, 0.25) is 0 Å². The molecule has 0 aliphatic heterocycles. The topological polar surface area (TPSA) is 9.86 Å². The number of aromatic nitrogens is 2. The maximum absolute atomic E-state index is 4.12. The van der Waals surface area contributed by atoms with Gasteiger partial charge in [0.15, 0.2) is 0 Å². The van der Waals surface area contributed by atoms with E-state index in [0.29, 0.717) is 0 Å². The van der Waals surface area contributed by atoms with Gasteiger partial charge < -0.3 is 9.13 Å². The van der Waals surface area contributed by atoms with Crippen LogP contribution < -0.4 is 0 Å². The van der Waals surface area contributed by atoms with Gasteiger partial charge in [0.05, 0.1) is 22.1 Å². The Morgan fingerprint density at radius 3 is 1.56 bits per heavy atom. The second-order valence-electron chi connectivity index (χ2n) is 15.8. The van der Waals surface area contributed by atoms with Crippen molar-refractivity contribution in [3.8, 4) is 44.8 Å². The van der Waals surface area contributed by atoms with Gasteiger partial charge in [-0.25, -0.2) is 0 Å². The average molecular weight is 795 g/mol. The summed E-state index contributed by atoms with van der Waals surface area (Å²) in [5, 5.41) is 7.58. The molecular weight excluding hydrogens is 757 g/mol. The lowest BCUT2D eigenvalue weighted by atomic mass is 9.97. The number of thiophene rings is 1. The Bertz CT molecular complexity index is 3730. The van der Waals surface area contributed by atoms with Crippen molar-refractivity contribution in [2.45, 2.75) is 0 Å². The molecule has 0 bridgehead atoms. The molecule has 2 nitrogen and oxygen atoms in total. The summed E-state index contributed by atoms with van der Waals surface area (Å²) in [6, 6.07) is 71.2. The Kier molecular flexibility index (Phi) is 8.06. The van der Waals surface area contributed by atoms with Crippen LogP contribution in [-0.2, 0) is 0 Å².